The van der Waals surface area contributed by atoms with E-state index < -0.39 is 0 Å². The van der Waals surface area contributed by atoms with Crippen LogP contribution in [0.5, 0.6) is 0 Å². The number of hydrogen-bond acceptors (Lipinski definition) is 3. The molecule has 0 aromatic heterocycles. The minimum absolute atomic E-state index is 0.370. The molecule has 2 saturated heterocycles. The third kappa shape index (κ3) is 6.55. The Balaban J connectivity index is 1.82. The predicted molar refractivity (Wildman–Crippen MR) is 101 cm³/mol. The van der Waals surface area contributed by atoms with Crippen LogP contribution in [0.1, 0.15) is 58.3 Å². The Labute approximate surface area is 147 Å². The molecule has 23 heavy (non-hydrogen) atoms. The van der Waals surface area contributed by atoms with Gasteiger partial charge in [0.25, 0.3) is 0 Å². The lowest BCUT2D eigenvalue weighted by Gasteiger charge is -2.40. The van der Waals surface area contributed by atoms with Crippen molar-refractivity contribution in [2.45, 2.75) is 70.4 Å². The van der Waals surface area contributed by atoms with Gasteiger partial charge in [-0.3, -0.25) is 0 Å². The highest BCUT2D eigenvalue weighted by Gasteiger charge is 2.28. The van der Waals surface area contributed by atoms with Gasteiger partial charge in [0.1, 0.15) is 0 Å². The number of piperidine rings is 1. The van der Waals surface area contributed by atoms with Crippen molar-refractivity contribution in [1.82, 2.24) is 15.1 Å². The summed E-state index contributed by atoms with van der Waals surface area (Å²) in [5, 5.41) is 4.46. The normalized spacial score (nSPS) is 23.1. The number of nitrogens with zero attached hydrogens (tertiary/aromatic N) is 2. The summed E-state index contributed by atoms with van der Waals surface area (Å²) in [5.41, 5.74) is 0. The van der Waals surface area contributed by atoms with E-state index >= 15 is 0 Å². The van der Waals surface area contributed by atoms with Gasteiger partial charge in [0, 0.05) is 25.7 Å². The van der Waals surface area contributed by atoms with Crippen LogP contribution in [-0.2, 0) is 4.74 Å². The molecule has 2 fully saturated rings. The van der Waals surface area contributed by atoms with Gasteiger partial charge in [0.05, 0.1) is 6.10 Å². The van der Waals surface area contributed by atoms with Gasteiger partial charge in [-0.1, -0.05) is 26.2 Å². The fraction of sp³-hybridized carbons (Fsp3) is 0.944. The molecule has 0 radical (unpaired) electrons. The molecule has 2 rings (SSSR count). The Morgan fingerprint density at radius 2 is 2.00 bits per heavy atom. The Kier molecular flexibility index (Phi) is 8.62. The van der Waals surface area contributed by atoms with Crippen LogP contribution in [0.3, 0.4) is 0 Å². The quantitative estimate of drug-likeness (QED) is 0.541. The minimum atomic E-state index is 0.370. The fourth-order valence-corrected chi connectivity index (χ4v) is 3.89. The van der Waals surface area contributed by atoms with Crippen molar-refractivity contribution in [2.75, 3.05) is 39.8 Å². The van der Waals surface area contributed by atoms with Crippen LogP contribution in [0.4, 0.5) is 0 Å². The largest absolute Gasteiger partial charge is 0.376 e. The number of likely N-dealkylation sites (tertiary alicyclic amines) is 1. The van der Waals surface area contributed by atoms with Crippen molar-refractivity contribution < 1.29 is 4.74 Å². The molecular formula is C18H35N3OS. The molecule has 1 atom stereocenters. The lowest BCUT2D eigenvalue weighted by Crippen LogP contribution is -2.52. The monoisotopic (exact) mass is 341 g/mol. The van der Waals surface area contributed by atoms with E-state index in [2.05, 4.69) is 29.1 Å². The standard InChI is InChI=1S/C18H35N3OS/c1-3-4-5-6-11-19-18(23)21(15-17-8-7-14-22-17)16-9-12-20(2)13-10-16/h16-17H,3-15H2,1-2H3,(H,19,23). The predicted octanol–water partition coefficient (Wildman–Crippen LogP) is 3.02. The Morgan fingerprint density at radius 3 is 2.65 bits per heavy atom. The maximum Gasteiger partial charge on any atom is 0.169 e. The van der Waals surface area contributed by atoms with Gasteiger partial charge >= 0.3 is 0 Å². The smallest absolute Gasteiger partial charge is 0.169 e. The van der Waals surface area contributed by atoms with Gasteiger partial charge in [0.15, 0.2) is 5.11 Å². The van der Waals surface area contributed by atoms with Crippen LogP contribution in [0, 0.1) is 0 Å². The summed E-state index contributed by atoms with van der Waals surface area (Å²) in [6, 6.07) is 0.575. The molecule has 0 amide bonds. The van der Waals surface area contributed by atoms with Gasteiger partial charge < -0.3 is 19.9 Å². The Bertz CT molecular complexity index is 339. The number of rotatable bonds is 8. The van der Waals surface area contributed by atoms with E-state index in [0.717, 1.165) is 24.8 Å². The second-order valence-electron chi connectivity index (χ2n) is 7.11. The van der Waals surface area contributed by atoms with Gasteiger partial charge in [-0.25, -0.2) is 0 Å². The van der Waals surface area contributed by atoms with E-state index in [-0.39, 0.29) is 0 Å². The SMILES string of the molecule is CCCCCCNC(=S)N(CC1CCCO1)C1CCN(C)CC1. The van der Waals surface area contributed by atoms with Crippen molar-refractivity contribution in [2.24, 2.45) is 0 Å². The van der Waals surface area contributed by atoms with E-state index in [9.17, 15) is 0 Å². The van der Waals surface area contributed by atoms with E-state index in [1.54, 1.807) is 0 Å². The fourth-order valence-electron chi connectivity index (χ4n) is 3.56. The number of hydrogen-bond donors (Lipinski definition) is 1. The first-order valence-corrected chi connectivity index (χ1v) is 9.96. The maximum atomic E-state index is 5.86. The summed E-state index contributed by atoms with van der Waals surface area (Å²) in [4.78, 5) is 4.86. The molecule has 0 saturated carbocycles. The number of thiocarbonyl (C=S) groups is 1. The number of ether oxygens (including phenoxy) is 1. The number of nitrogens with one attached hydrogen (secondary N) is 1. The average Bonchev–Trinajstić information content (AvgIpc) is 3.06. The Morgan fingerprint density at radius 1 is 1.22 bits per heavy atom. The van der Waals surface area contributed by atoms with Crippen molar-refractivity contribution in [3.63, 3.8) is 0 Å². The molecule has 0 aliphatic carbocycles. The van der Waals surface area contributed by atoms with Crippen LogP contribution in [0.25, 0.3) is 0 Å². The minimum Gasteiger partial charge on any atom is -0.376 e. The van der Waals surface area contributed by atoms with Gasteiger partial charge in [-0.2, -0.15) is 0 Å². The molecule has 1 unspecified atom stereocenters. The lowest BCUT2D eigenvalue weighted by atomic mass is 10.0. The molecule has 0 bridgehead atoms. The zero-order chi connectivity index (χ0) is 16.5. The first kappa shape index (κ1) is 18.9. The maximum absolute atomic E-state index is 5.86. The summed E-state index contributed by atoms with van der Waals surface area (Å²) < 4.78 is 5.86. The van der Waals surface area contributed by atoms with E-state index in [4.69, 9.17) is 17.0 Å². The molecule has 134 valence electrons. The summed E-state index contributed by atoms with van der Waals surface area (Å²) in [7, 11) is 2.21. The van der Waals surface area contributed by atoms with Gasteiger partial charge in [0.2, 0.25) is 0 Å². The summed E-state index contributed by atoms with van der Waals surface area (Å²) >= 11 is 5.74. The molecule has 2 aliphatic heterocycles. The van der Waals surface area contributed by atoms with E-state index in [1.165, 1.54) is 64.5 Å². The summed E-state index contributed by atoms with van der Waals surface area (Å²) in [5.74, 6) is 0. The third-order valence-electron chi connectivity index (χ3n) is 5.12. The highest BCUT2D eigenvalue weighted by atomic mass is 32.1. The second-order valence-corrected chi connectivity index (χ2v) is 7.50. The van der Waals surface area contributed by atoms with Crippen molar-refractivity contribution in [3.8, 4) is 0 Å². The molecule has 2 heterocycles. The first-order chi connectivity index (χ1) is 11.2. The van der Waals surface area contributed by atoms with E-state index in [0.29, 0.717) is 12.1 Å². The molecule has 0 spiro atoms. The van der Waals surface area contributed by atoms with Crippen LogP contribution in [0.2, 0.25) is 0 Å². The van der Waals surface area contributed by atoms with Crippen LogP contribution < -0.4 is 5.32 Å². The highest BCUT2D eigenvalue weighted by Crippen LogP contribution is 2.20. The zero-order valence-electron chi connectivity index (χ0n) is 15.1. The molecule has 4 nitrogen and oxygen atoms in total. The first-order valence-electron chi connectivity index (χ1n) is 9.55. The van der Waals surface area contributed by atoms with Crippen LogP contribution in [-0.4, -0.2) is 66.9 Å². The lowest BCUT2D eigenvalue weighted by molar-refractivity contribution is 0.0712. The second kappa shape index (κ2) is 10.5. The van der Waals surface area contributed by atoms with Crippen molar-refractivity contribution in [3.05, 3.63) is 0 Å². The van der Waals surface area contributed by atoms with Gasteiger partial charge in [-0.15, -0.1) is 0 Å². The molecule has 0 aromatic rings. The van der Waals surface area contributed by atoms with Crippen LogP contribution in [0.15, 0.2) is 0 Å². The van der Waals surface area contributed by atoms with Gasteiger partial charge in [-0.05, 0) is 64.5 Å². The Hall–Kier alpha value is -0.390. The average molecular weight is 342 g/mol. The van der Waals surface area contributed by atoms with Crippen molar-refractivity contribution in [1.29, 1.82) is 0 Å². The third-order valence-corrected chi connectivity index (χ3v) is 5.50. The number of unbranched alkanes of at least 4 members (excludes halogenated alkanes) is 3. The molecule has 1 N–H and O–H groups in total. The zero-order valence-corrected chi connectivity index (χ0v) is 15.9. The van der Waals surface area contributed by atoms with Crippen LogP contribution >= 0.6 is 12.2 Å². The molecule has 5 heteroatoms. The highest BCUT2D eigenvalue weighted by molar-refractivity contribution is 7.80. The topological polar surface area (TPSA) is 27.7 Å². The van der Waals surface area contributed by atoms with E-state index in [1.807, 2.05) is 0 Å². The summed E-state index contributed by atoms with van der Waals surface area (Å²) in [6.45, 7) is 7.49. The van der Waals surface area contributed by atoms with Crippen molar-refractivity contribution >= 4 is 17.3 Å². The molecule has 2 aliphatic rings. The molecular weight excluding hydrogens is 306 g/mol. The summed E-state index contributed by atoms with van der Waals surface area (Å²) in [6.07, 6.45) is 10.3. The molecule has 0 aromatic carbocycles.